The summed E-state index contributed by atoms with van der Waals surface area (Å²) >= 11 is 0. The van der Waals surface area contributed by atoms with Crippen molar-refractivity contribution < 1.29 is 9.53 Å². The van der Waals surface area contributed by atoms with E-state index in [-0.39, 0.29) is 5.91 Å². The average Bonchev–Trinajstić information content (AvgIpc) is 2.50. The van der Waals surface area contributed by atoms with Gasteiger partial charge in [0.25, 0.3) is 0 Å². The molecule has 19 heavy (non-hydrogen) atoms. The highest BCUT2D eigenvalue weighted by atomic mass is 16.5. The molecule has 0 aromatic heterocycles. The van der Waals surface area contributed by atoms with Gasteiger partial charge in [-0.05, 0) is 14.0 Å². The van der Waals surface area contributed by atoms with Crippen LogP contribution in [-0.2, 0) is 9.53 Å². The molecule has 0 atom stereocenters. The van der Waals surface area contributed by atoms with Crippen LogP contribution < -0.4 is 0 Å². The lowest BCUT2D eigenvalue weighted by Crippen LogP contribution is -2.45. The summed E-state index contributed by atoms with van der Waals surface area (Å²) in [6.07, 6.45) is 0. The molecule has 1 amide bonds. The molecule has 0 aromatic carbocycles. The Balaban J connectivity index is 0. The number of morpholine rings is 1. The fraction of sp³-hybridized carbons (Fsp3) is 0.800. The molecule has 1 fully saturated rings. The quantitative estimate of drug-likeness (QED) is 0.734. The van der Waals surface area contributed by atoms with Gasteiger partial charge in [-0.3, -0.25) is 9.69 Å². The van der Waals surface area contributed by atoms with Crippen LogP contribution in [0.4, 0.5) is 0 Å². The minimum absolute atomic E-state index is 0.165. The van der Waals surface area contributed by atoms with Gasteiger partial charge in [0.15, 0.2) is 0 Å². The second-order valence-electron chi connectivity index (χ2n) is 3.59. The number of amides is 1. The molecule has 1 aliphatic heterocycles. The van der Waals surface area contributed by atoms with Crippen LogP contribution in [0.2, 0.25) is 0 Å². The Bertz CT molecular complexity index is 263. The van der Waals surface area contributed by atoms with Gasteiger partial charge in [0, 0.05) is 13.1 Å². The SMILES string of the molecule is CC.CC.CC#CCN(C)CC(=O)N1CCOCC1. The number of likely N-dealkylation sites (N-methyl/N-ethyl adjacent to an activating group) is 1. The predicted octanol–water partition coefficient (Wildman–Crippen LogP) is 1.85. The third-order valence-electron chi connectivity index (χ3n) is 2.29. The third kappa shape index (κ3) is 10.5. The fourth-order valence-corrected chi connectivity index (χ4v) is 1.41. The molecule has 1 saturated heterocycles. The molecule has 1 rings (SSSR count). The first-order valence-electron chi connectivity index (χ1n) is 7.17. The summed E-state index contributed by atoms with van der Waals surface area (Å²) in [6.45, 7) is 13.6. The Hall–Kier alpha value is -1.05. The van der Waals surface area contributed by atoms with Crippen molar-refractivity contribution in [2.75, 3.05) is 46.4 Å². The van der Waals surface area contributed by atoms with E-state index in [1.54, 1.807) is 6.92 Å². The van der Waals surface area contributed by atoms with Gasteiger partial charge in [-0.15, -0.1) is 5.92 Å². The maximum absolute atomic E-state index is 11.8. The topological polar surface area (TPSA) is 32.8 Å². The van der Waals surface area contributed by atoms with Crippen LogP contribution in [-0.4, -0.2) is 62.1 Å². The summed E-state index contributed by atoms with van der Waals surface area (Å²) in [6, 6.07) is 0. The predicted molar refractivity (Wildman–Crippen MR) is 81.0 cm³/mol. The third-order valence-corrected chi connectivity index (χ3v) is 2.29. The van der Waals surface area contributed by atoms with E-state index in [9.17, 15) is 4.79 Å². The molecule has 0 saturated carbocycles. The van der Waals surface area contributed by atoms with Crippen LogP contribution in [0.5, 0.6) is 0 Å². The van der Waals surface area contributed by atoms with Gasteiger partial charge in [-0.25, -0.2) is 0 Å². The molecule has 1 aliphatic rings. The molecular weight excluding hydrogens is 240 g/mol. The van der Waals surface area contributed by atoms with E-state index in [0.717, 1.165) is 0 Å². The zero-order valence-electron chi connectivity index (χ0n) is 13.5. The van der Waals surface area contributed by atoms with Crippen molar-refractivity contribution in [2.24, 2.45) is 0 Å². The van der Waals surface area contributed by atoms with Crippen LogP contribution in [0.1, 0.15) is 34.6 Å². The maximum atomic E-state index is 11.8. The number of carbonyl (C=O) groups is 1. The van der Waals surface area contributed by atoms with E-state index in [2.05, 4.69) is 11.8 Å². The first kappa shape index (κ1) is 20.3. The summed E-state index contributed by atoms with van der Waals surface area (Å²) < 4.78 is 5.19. The summed E-state index contributed by atoms with van der Waals surface area (Å²) in [4.78, 5) is 15.5. The zero-order chi connectivity index (χ0) is 15.1. The number of carbonyl (C=O) groups excluding carboxylic acids is 1. The van der Waals surface area contributed by atoms with Crippen LogP contribution >= 0.6 is 0 Å². The molecule has 0 aliphatic carbocycles. The molecule has 0 bridgehead atoms. The summed E-state index contributed by atoms with van der Waals surface area (Å²) in [5, 5.41) is 0. The van der Waals surface area contributed by atoms with Crippen LogP contribution in [0.3, 0.4) is 0 Å². The van der Waals surface area contributed by atoms with Gasteiger partial charge in [-0.2, -0.15) is 0 Å². The van der Waals surface area contributed by atoms with E-state index < -0.39 is 0 Å². The van der Waals surface area contributed by atoms with Crippen molar-refractivity contribution in [3.8, 4) is 11.8 Å². The fourth-order valence-electron chi connectivity index (χ4n) is 1.41. The van der Waals surface area contributed by atoms with Crippen LogP contribution in [0.25, 0.3) is 0 Å². The summed E-state index contributed by atoms with van der Waals surface area (Å²) in [5.41, 5.74) is 0. The van der Waals surface area contributed by atoms with E-state index in [1.165, 1.54) is 0 Å². The highest BCUT2D eigenvalue weighted by molar-refractivity contribution is 5.78. The van der Waals surface area contributed by atoms with Gasteiger partial charge < -0.3 is 9.64 Å². The number of nitrogens with zero attached hydrogens (tertiary/aromatic N) is 2. The Morgan fingerprint density at radius 1 is 1.21 bits per heavy atom. The van der Waals surface area contributed by atoms with Gasteiger partial charge in [0.1, 0.15) is 0 Å². The molecule has 0 spiro atoms. The Morgan fingerprint density at radius 2 is 1.74 bits per heavy atom. The summed E-state index contributed by atoms with van der Waals surface area (Å²) in [7, 11) is 1.91. The maximum Gasteiger partial charge on any atom is 0.236 e. The minimum atomic E-state index is 0.165. The Kier molecular flexibility index (Phi) is 16.0. The lowest BCUT2D eigenvalue weighted by Gasteiger charge is -2.28. The van der Waals surface area contributed by atoms with Crippen molar-refractivity contribution in [1.29, 1.82) is 0 Å². The molecule has 4 heteroatoms. The van der Waals surface area contributed by atoms with Crippen LogP contribution in [0, 0.1) is 11.8 Å². The first-order valence-corrected chi connectivity index (χ1v) is 7.17. The average molecular weight is 270 g/mol. The monoisotopic (exact) mass is 270 g/mol. The zero-order valence-corrected chi connectivity index (χ0v) is 13.5. The van der Waals surface area contributed by atoms with E-state index >= 15 is 0 Å². The second-order valence-corrected chi connectivity index (χ2v) is 3.59. The second kappa shape index (κ2) is 15.0. The molecule has 1 heterocycles. The smallest absolute Gasteiger partial charge is 0.236 e. The van der Waals surface area contributed by atoms with E-state index in [0.29, 0.717) is 39.4 Å². The van der Waals surface area contributed by atoms with Gasteiger partial charge >= 0.3 is 0 Å². The van der Waals surface area contributed by atoms with Crippen LogP contribution in [0.15, 0.2) is 0 Å². The lowest BCUT2D eigenvalue weighted by molar-refractivity contribution is -0.136. The van der Waals surface area contributed by atoms with Crippen molar-refractivity contribution in [1.82, 2.24) is 9.80 Å². The Labute approximate surface area is 119 Å². The minimum Gasteiger partial charge on any atom is -0.378 e. The largest absolute Gasteiger partial charge is 0.378 e. The van der Waals surface area contributed by atoms with E-state index in [1.807, 2.05) is 44.5 Å². The number of rotatable bonds is 3. The molecular formula is C15H30N2O2. The van der Waals surface area contributed by atoms with Gasteiger partial charge in [0.05, 0.1) is 26.3 Å². The van der Waals surface area contributed by atoms with E-state index in [4.69, 9.17) is 4.74 Å². The lowest BCUT2D eigenvalue weighted by atomic mass is 10.4. The van der Waals surface area contributed by atoms with Crippen molar-refractivity contribution >= 4 is 5.91 Å². The molecule has 0 unspecified atom stereocenters. The molecule has 0 N–H and O–H groups in total. The number of hydrogen-bond acceptors (Lipinski definition) is 3. The molecule has 0 radical (unpaired) electrons. The number of hydrogen-bond donors (Lipinski definition) is 0. The highest BCUT2D eigenvalue weighted by Crippen LogP contribution is 1.98. The molecule has 4 nitrogen and oxygen atoms in total. The van der Waals surface area contributed by atoms with Gasteiger partial charge in [-0.1, -0.05) is 33.6 Å². The Morgan fingerprint density at radius 3 is 2.21 bits per heavy atom. The van der Waals surface area contributed by atoms with Crippen molar-refractivity contribution in [3.63, 3.8) is 0 Å². The van der Waals surface area contributed by atoms with Gasteiger partial charge in [0.2, 0.25) is 5.91 Å². The number of ether oxygens (including phenoxy) is 1. The molecule has 0 aromatic rings. The standard InChI is InChI=1S/C11H18N2O2.2C2H6/c1-3-4-5-12(2)10-11(14)13-6-8-15-9-7-13;2*1-2/h5-10H2,1-2H3;2*1-2H3. The normalized spacial score (nSPS) is 13.3. The van der Waals surface area contributed by atoms with Crippen molar-refractivity contribution in [3.05, 3.63) is 0 Å². The summed E-state index contributed by atoms with van der Waals surface area (Å²) in [5.74, 6) is 5.92. The highest BCUT2D eigenvalue weighted by Gasteiger charge is 2.17. The first-order chi connectivity index (χ1) is 9.24. The van der Waals surface area contributed by atoms with Crippen molar-refractivity contribution in [2.45, 2.75) is 34.6 Å². The molecule has 112 valence electrons.